The summed E-state index contributed by atoms with van der Waals surface area (Å²) < 4.78 is 4.59. The van der Waals surface area contributed by atoms with Crippen molar-refractivity contribution in [2.75, 3.05) is 13.7 Å². The van der Waals surface area contributed by atoms with Crippen LogP contribution < -0.4 is 5.32 Å². The van der Waals surface area contributed by atoms with Crippen LogP contribution >= 0.6 is 0 Å². The van der Waals surface area contributed by atoms with E-state index in [0.717, 1.165) is 19.4 Å². The van der Waals surface area contributed by atoms with E-state index in [1.54, 1.807) is 0 Å². The van der Waals surface area contributed by atoms with Crippen LogP contribution in [0.1, 0.15) is 40.5 Å². The molecule has 0 saturated carbocycles. The van der Waals surface area contributed by atoms with E-state index in [9.17, 15) is 9.59 Å². The van der Waals surface area contributed by atoms with Gasteiger partial charge in [-0.25, -0.2) is 4.79 Å². The zero-order chi connectivity index (χ0) is 13.9. The second-order valence-electron chi connectivity index (χ2n) is 5.96. The minimum atomic E-state index is -0.560. The largest absolute Gasteiger partial charge is 0.453 e. The maximum Gasteiger partial charge on any atom is 0.407 e. The van der Waals surface area contributed by atoms with Crippen molar-refractivity contribution in [3.63, 3.8) is 0 Å². The molecule has 104 valence electrons. The molecule has 0 spiro atoms. The predicted molar refractivity (Wildman–Crippen MR) is 69.2 cm³/mol. The van der Waals surface area contributed by atoms with E-state index in [0.29, 0.717) is 0 Å². The Bertz CT molecular complexity index is 323. The Balaban J connectivity index is 2.82. The van der Waals surface area contributed by atoms with Gasteiger partial charge in [-0.15, -0.1) is 0 Å². The van der Waals surface area contributed by atoms with Crippen LogP contribution in [-0.4, -0.2) is 42.6 Å². The van der Waals surface area contributed by atoms with Crippen molar-refractivity contribution in [1.82, 2.24) is 10.2 Å². The van der Waals surface area contributed by atoms with Crippen LogP contribution in [0.15, 0.2) is 0 Å². The van der Waals surface area contributed by atoms with E-state index in [1.807, 2.05) is 32.6 Å². The molecule has 1 fully saturated rings. The predicted octanol–water partition coefficient (Wildman–Crippen LogP) is 1.77. The first kappa shape index (κ1) is 14.8. The van der Waals surface area contributed by atoms with E-state index in [2.05, 4.69) is 10.1 Å². The fraction of sp³-hybridized carbons (Fsp3) is 0.846. The van der Waals surface area contributed by atoms with E-state index >= 15 is 0 Å². The number of carbonyl (C=O) groups excluding carboxylic acids is 2. The molecule has 1 aliphatic heterocycles. The monoisotopic (exact) mass is 256 g/mol. The lowest BCUT2D eigenvalue weighted by Gasteiger charge is -2.34. The summed E-state index contributed by atoms with van der Waals surface area (Å²) in [5.41, 5.74) is -0.340. The van der Waals surface area contributed by atoms with Crippen molar-refractivity contribution in [3.05, 3.63) is 0 Å². The smallest absolute Gasteiger partial charge is 0.407 e. The summed E-state index contributed by atoms with van der Waals surface area (Å²) in [6, 6.07) is -0.299. The second kappa shape index (κ2) is 5.59. The number of likely N-dealkylation sites (tertiary alicyclic amines) is 1. The molecule has 5 heteroatoms. The molecule has 1 N–H and O–H groups in total. The van der Waals surface area contributed by atoms with Gasteiger partial charge in [0.15, 0.2) is 0 Å². The van der Waals surface area contributed by atoms with E-state index in [-0.39, 0.29) is 17.4 Å². The van der Waals surface area contributed by atoms with E-state index in [4.69, 9.17) is 0 Å². The van der Waals surface area contributed by atoms with Crippen LogP contribution in [0.5, 0.6) is 0 Å². The second-order valence-corrected chi connectivity index (χ2v) is 5.96. The Kier molecular flexibility index (Phi) is 4.59. The van der Waals surface area contributed by atoms with Crippen molar-refractivity contribution in [3.8, 4) is 0 Å². The summed E-state index contributed by atoms with van der Waals surface area (Å²) >= 11 is 0. The lowest BCUT2D eigenvalue weighted by Crippen LogP contribution is -2.55. The molecular weight excluding hydrogens is 232 g/mol. The summed E-state index contributed by atoms with van der Waals surface area (Å²) in [7, 11) is 1.30. The Morgan fingerprint density at radius 1 is 1.39 bits per heavy atom. The summed E-state index contributed by atoms with van der Waals surface area (Å²) in [6.45, 7) is 8.63. The van der Waals surface area contributed by atoms with Crippen molar-refractivity contribution < 1.29 is 14.3 Å². The summed E-state index contributed by atoms with van der Waals surface area (Å²) in [5, 5.41) is 2.65. The normalized spacial score (nSPS) is 21.6. The van der Waals surface area contributed by atoms with Crippen molar-refractivity contribution in [2.45, 2.75) is 52.6 Å². The first-order chi connectivity index (χ1) is 8.27. The molecule has 2 amide bonds. The number of carbonyl (C=O) groups is 2. The highest BCUT2D eigenvalue weighted by molar-refractivity contribution is 5.86. The van der Waals surface area contributed by atoms with Crippen molar-refractivity contribution in [1.29, 1.82) is 0 Å². The number of ether oxygens (including phenoxy) is 1. The zero-order valence-corrected chi connectivity index (χ0v) is 11.9. The maximum atomic E-state index is 12.5. The molecule has 18 heavy (non-hydrogen) atoms. The van der Waals surface area contributed by atoms with Gasteiger partial charge in [0.1, 0.15) is 6.04 Å². The highest BCUT2D eigenvalue weighted by Gasteiger charge is 2.38. The summed E-state index contributed by atoms with van der Waals surface area (Å²) in [6.07, 6.45) is 1.50. The van der Waals surface area contributed by atoms with Crippen LogP contribution in [-0.2, 0) is 9.53 Å². The molecule has 1 heterocycles. The summed E-state index contributed by atoms with van der Waals surface area (Å²) in [5.74, 6) is -0.0158. The number of alkyl carbamates (subject to hydrolysis) is 1. The molecule has 1 saturated heterocycles. The van der Waals surface area contributed by atoms with Crippen LogP contribution in [0.25, 0.3) is 0 Å². The molecule has 0 aliphatic carbocycles. The average molecular weight is 256 g/mol. The third kappa shape index (κ3) is 3.37. The molecule has 0 bridgehead atoms. The first-order valence-electron chi connectivity index (χ1n) is 6.42. The van der Waals surface area contributed by atoms with Gasteiger partial charge in [-0.1, -0.05) is 20.8 Å². The third-order valence-electron chi connectivity index (χ3n) is 3.40. The fourth-order valence-electron chi connectivity index (χ4n) is 2.25. The highest BCUT2D eigenvalue weighted by Crippen LogP contribution is 2.25. The van der Waals surface area contributed by atoms with Gasteiger partial charge in [0, 0.05) is 12.6 Å². The molecule has 2 unspecified atom stereocenters. The molecule has 1 rings (SSSR count). The molecule has 2 atom stereocenters. The van der Waals surface area contributed by atoms with Gasteiger partial charge in [-0.3, -0.25) is 4.79 Å². The number of nitrogens with zero attached hydrogens (tertiary/aromatic N) is 1. The van der Waals surface area contributed by atoms with Gasteiger partial charge in [0.25, 0.3) is 0 Å². The third-order valence-corrected chi connectivity index (χ3v) is 3.40. The van der Waals surface area contributed by atoms with Crippen LogP contribution in [0, 0.1) is 5.41 Å². The number of hydrogen-bond acceptors (Lipinski definition) is 3. The highest BCUT2D eigenvalue weighted by atomic mass is 16.5. The SMILES string of the molecule is COC(=O)NC(C(=O)N1CCCC1C)C(C)(C)C. The van der Waals surface area contributed by atoms with Crippen LogP contribution in [0.3, 0.4) is 0 Å². The number of hydrogen-bond donors (Lipinski definition) is 1. The van der Waals surface area contributed by atoms with Gasteiger partial charge in [0.05, 0.1) is 7.11 Å². The lowest BCUT2D eigenvalue weighted by molar-refractivity contribution is -0.136. The minimum absolute atomic E-state index is 0.0158. The fourth-order valence-corrected chi connectivity index (χ4v) is 2.25. The topological polar surface area (TPSA) is 58.6 Å². The van der Waals surface area contributed by atoms with Gasteiger partial charge >= 0.3 is 6.09 Å². The zero-order valence-electron chi connectivity index (χ0n) is 11.9. The standard InChI is InChI=1S/C13H24N2O3/c1-9-7-6-8-15(9)11(16)10(13(2,3)4)14-12(17)18-5/h9-10H,6-8H2,1-5H3,(H,14,17). The lowest BCUT2D eigenvalue weighted by atomic mass is 9.85. The van der Waals surface area contributed by atoms with Crippen molar-refractivity contribution in [2.24, 2.45) is 5.41 Å². The number of rotatable bonds is 2. The number of amides is 2. The molecule has 0 aromatic heterocycles. The van der Waals surface area contributed by atoms with Crippen LogP contribution in [0.4, 0.5) is 4.79 Å². The molecule has 0 radical (unpaired) electrons. The summed E-state index contributed by atoms with van der Waals surface area (Å²) in [4.78, 5) is 25.7. The quantitative estimate of drug-likeness (QED) is 0.819. The Morgan fingerprint density at radius 3 is 2.39 bits per heavy atom. The van der Waals surface area contributed by atoms with Gasteiger partial charge in [0.2, 0.25) is 5.91 Å². The maximum absolute atomic E-state index is 12.5. The first-order valence-corrected chi connectivity index (χ1v) is 6.42. The molecule has 5 nitrogen and oxygen atoms in total. The number of nitrogens with one attached hydrogen (secondary N) is 1. The Hall–Kier alpha value is -1.26. The van der Waals surface area contributed by atoms with E-state index in [1.165, 1.54) is 7.11 Å². The van der Waals surface area contributed by atoms with Crippen molar-refractivity contribution >= 4 is 12.0 Å². The van der Waals surface area contributed by atoms with Gasteiger partial charge in [-0.05, 0) is 25.2 Å². The molecule has 0 aromatic carbocycles. The molecular formula is C13H24N2O3. The van der Waals surface area contributed by atoms with Gasteiger partial charge in [-0.2, -0.15) is 0 Å². The Morgan fingerprint density at radius 2 is 2.00 bits per heavy atom. The van der Waals surface area contributed by atoms with Crippen LogP contribution in [0.2, 0.25) is 0 Å². The van der Waals surface area contributed by atoms with Gasteiger partial charge < -0.3 is 15.0 Å². The van der Waals surface area contributed by atoms with E-state index < -0.39 is 12.1 Å². The molecule has 1 aliphatic rings. The minimum Gasteiger partial charge on any atom is -0.453 e. The average Bonchev–Trinajstić information content (AvgIpc) is 2.69. The number of methoxy groups -OCH3 is 1. The Labute approximate surface area is 109 Å². The molecule has 0 aromatic rings.